The minimum Gasteiger partial charge on any atom is -0.423 e. The van der Waals surface area contributed by atoms with Gasteiger partial charge < -0.3 is 9.47 Å². The van der Waals surface area contributed by atoms with Crippen LogP contribution in [0.15, 0.2) is 18.2 Å². The fourth-order valence-electron chi connectivity index (χ4n) is 1.28. The van der Waals surface area contributed by atoms with Crippen molar-refractivity contribution in [3.8, 4) is 11.5 Å². The molecular weight excluding hydrogens is 224 g/mol. The molecule has 1 aromatic carbocycles. The topological polar surface area (TPSA) is 69.7 Å². The zero-order chi connectivity index (χ0) is 13.0. The van der Waals surface area contributed by atoms with Gasteiger partial charge in [0.15, 0.2) is 17.3 Å². The zero-order valence-electron chi connectivity index (χ0n) is 9.77. The summed E-state index contributed by atoms with van der Waals surface area (Å²) < 4.78 is 9.77. The Kier molecular flexibility index (Phi) is 3.98. The molecule has 5 heteroatoms. The molecule has 0 atom stereocenters. The van der Waals surface area contributed by atoms with Gasteiger partial charge in [0.2, 0.25) is 0 Å². The number of carbonyl (C=O) groups is 3. The van der Waals surface area contributed by atoms with E-state index in [0.29, 0.717) is 0 Å². The number of Topliss-reactive ketones (excluding diaryl/α,β-unsaturated/α-hetero) is 1. The SMILES string of the molecule is CC(=O)Oc1cccc(C(C)=O)c1OC(C)=O. The minimum absolute atomic E-state index is 0.0253. The Morgan fingerprint density at radius 2 is 1.53 bits per heavy atom. The van der Waals surface area contributed by atoms with E-state index in [-0.39, 0.29) is 22.8 Å². The van der Waals surface area contributed by atoms with Crippen LogP contribution in [0.3, 0.4) is 0 Å². The molecule has 0 aliphatic carbocycles. The zero-order valence-corrected chi connectivity index (χ0v) is 9.77. The molecular formula is C12H12O5. The first kappa shape index (κ1) is 12.9. The van der Waals surface area contributed by atoms with Gasteiger partial charge in [-0.25, -0.2) is 0 Å². The first-order valence-corrected chi connectivity index (χ1v) is 4.92. The molecule has 1 aromatic rings. The first-order chi connectivity index (χ1) is 7.91. The number of esters is 2. The third-order valence-electron chi connectivity index (χ3n) is 1.86. The van der Waals surface area contributed by atoms with Crippen LogP contribution in [-0.4, -0.2) is 17.7 Å². The van der Waals surface area contributed by atoms with Crippen molar-refractivity contribution in [2.24, 2.45) is 0 Å². The number of benzene rings is 1. The average Bonchev–Trinajstić information content (AvgIpc) is 2.18. The maximum atomic E-state index is 11.4. The number of hydrogen-bond acceptors (Lipinski definition) is 5. The molecule has 0 spiro atoms. The lowest BCUT2D eigenvalue weighted by Gasteiger charge is -2.11. The van der Waals surface area contributed by atoms with Crippen LogP contribution >= 0.6 is 0 Å². The maximum Gasteiger partial charge on any atom is 0.308 e. The summed E-state index contributed by atoms with van der Waals surface area (Å²) in [7, 11) is 0. The van der Waals surface area contributed by atoms with Gasteiger partial charge in [-0.1, -0.05) is 6.07 Å². The van der Waals surface area contributed by atoms with E-state index < -0.39 is 11.9 Å². The third kappa shape index (κ3) is 3.41. The molecule has 0 fully saturated rings. The van der Waals surface area contributed by atoms with Crippen molar-refractivity contribution in [3.63, 3.8) is 0 Å². The Balaban J connectivity index is 3.28. The van der Waals surface area contributed by atoms with Gasteiger partial charge in [0.1, 0.15) is 0 Å². The van der Waals surface area contributed by atoms with Gasteiger partial charge in [0.05, 0.1) is 5.56 Å². The van der Waals surface area contributed by atoms with Crippen molar-refractivity contribution in [1.29, 1.82) is 0 Å². The van der Waals surface area contributed by atoms with Crippen LogP contribution in [0.5, 0.6) is 11.5 Å². The van der Waals surface area contributed by atoms with Crippen molar-refractivity contribution in [2.45, 2.75) is 20.8 Å². The van der Waals surface area contributed by atoms with Crippen molar-refractivity contribution >= 4 is 17.7 Å². The summed E-state index contributed by atoms with van der Waals surface area (Å²) in [6, 6.07) is 4.49. The smallest absolute Gasteiger partial charge is 0.308 e. The molecule has 0 aliphatic rings. The van der Waals surface area contributed by atoms with E-state index in [1.807, 2.05) is 0 Å². The second-order valence-corrected chi connectivity index (χ2v) is 3.38. The van der Waals surface area contributed by atoms with Crippen molar-refractivity contribution in [3.05, 3.63) is 23.8 Å². The van der Waals surface area contributed by atoms with Gasteiger partial charge in [-0.3, -0.25) is 14.4 Å². The Hall–Kier alpha value is -2.17. The molecule has 0 saturated carbocycles. The maximum absolute atomic E-state index is 11.4. The lowest BCUT2D eigenvalue weighted by molar-refractivity contribution is -0.134. The number of rotatable bonds is 3. The average molecular weight is 236 g/mol. The number of carbonyl (C=O) groups excluding carboxylic acids is 3. The van der Waals surface area contributed by atoms with Crippen molar-refractivity contribution in [2.75, 3.05) is 0 Å². The van der Waals surface area contributed by atoms with Gasteiger partial charge in [-0.2, -0.15) is 0 Å². The molecule has 0 aromatic heterocycles. The molecule has 0 aliphatic heterocycles. The Bertz CT molecular complexity index is 476. The summed E-state index contributed by atoms with van der Waals surface area (Å²) >= 11 is 0. The number of para-hydroxylation sites is 1. The van der Waals surface area contributed by atoms with Crippen LogP contribution in [-0.2, 0) is 9.59 Å². The van der Waals surface area contributed by atoms with Crippen LogP contribution in [0.25, 0.3) is 0 Å². The van der Waals surface area contributed by atoms with Crippen molar-refractivity contribution < 1.29 is 23.9 Å². The quantitative estimate of drug-likeness (QED) is 0.454. The summed E-state index contributed by atoms with van der Waals surface area (Å²) in [5, 5.41) is 0. The lowest BCUT2D eigenvalue weighted by Crippen LogP contribution is -2.10. The summed E-state index contributed by atoms with van der Waals surface area (Å²) in [4.78, 5) is 33.2. The Morgan fingerprint density at radius 1 is 0.941 bits per heavy atom. The van der Waals surface area contributed by atoms with E-state index in [0.717, 1.165) is 0 Å². The molecule has 0 radical (unpaired) electrons. The van der Waals surface area contributed by atoms with Gasteiger partial charge in [0.25, 0.3) is 0 Å². The monoisotopic (exact) mass is 236 g/mol. The molecule has 1 rings (SSSR count). The van der Waals surface area contributed by atoms with Crippen LogP contribution in [0.2, 0.25) is 0 Å². The standard InChI is InChI=1S/C12H12O5/c1-7(13)10-5-4-6-11(16-8(2)14)12(10)17-9(3)15/h4-6H,1-3H3. The Morgan fingerprint density at radius 3 is 2.00 bits per heavy atom. The normalized spacial score (nSPS) is 9.59. The molecule has 90 valence electrons. The second-order valence-electron chi connectivity index (χ2n) is 3.38. The highest BCUT2D eigenvalue weighted by Crippen LogP contribution is 2.31. The highest BCUT2D eigenvalue weighted by Gasteiger charge is 2.17. The van der Waals surface area contributed by atoms with E-state index >= 15 is 0 Å². The molecule has 0 unspecified atom stereocenters. The molecule has 0 saturated heterocycles. The van der Waals surface area contributed by atoms with Crippen LogP contribution < -0.4 is 9.47 Å². The summed E-state index contributed by atoms with van der Waals surface area (Å²) in [5.41, 5.74) is 0.193. The number of ketones is 1. The molecule has 5 nitrogen and oxygen atoms in total. The third-order valence-corrected chi connectivity index (χ3v) is 1.86. The van der Waals surface area contributed by atoms with Gasteiger partial charge in [0, 0.05) is 13.8 Å². The molecule has 0 heterocycles. The number of hydrogen-bond donors (Lipinski definition) is 0. The predicted octanol–water partition coefficient (Wildman–Crippen LogP) is 1.74. The van der Waals surface area contributed by atoms with Crippen LogP contribution in [0.1, 0.15) is 31.1 Å². The van der Waals surface area contributed by atoms with E-state index in [2.05, 4.69) is 0 Å². The lowest BCUT2D eigenvalue weighted by atomic mass is 10.1. The first-order valence-electron chi connectivity index (χ1n) is 4.92. The highest BCUT2D eigenvalue weighted by molar-refractivity contribution is 5.98. The summed E-state index contributed by atoms with van der Waals surface area (Å²) in [6.07, 6.45) is 0. The van der Waals surface area contributed by atoms with E-state index in [9.17, 15) is 14.4 Å². The molecule has 17 heavy (non-hydrogen) atoms. The largest absolute Gasteiger partial charge is 0.423 e. The molecule has 0 amide bonds. The van der Waals surface area contributed by atoms with Crippen LogP contribution in [0, 0.1) is 0 Å². The second kappa shape index (κ2) is 5.25. The summed E-state index contributed by atoms with van der Waals surface area (Å²) in [5.74, 6) is -1.40. The highest BCUT2D eigenvalue weighted by atomic mass is 16.6. The van der Waals surface area contributed by atoms with E-state index in [1.165, 1.54) is 32.9 Å². The van der Waals surface area contributed by atoms with Crippen molar-refractivity contribution in [1.82, 2.24) is 0 Å². The minimum atomic E-state index is -0.591. The predicted molar refractivity (Wildman–Crippen MR) is 59.1 cm³/mol. The van der Waals surface area contributed by atoms with E-state index in [4.69, 9.17) is 9.47 Å². The molecule has 0 bridgehead atoms. The number of ether oxygens (including phenoxy) is 2. The van der Waals surface area contributed by atoms with Gasteiger partial charge >= 0.3 is 11.9 Å². The van der Waals surface area contributed by atoms with Gasteiger partial charge in [-0.15, -0.1) is 0 Å². The van der Waals surface area contributed by atoms with E-state index in [1.54, 1.807) is 6.07 Å². The van der Waals surface area contributed by atoms with Gasteiger partial charge in [-0.05, 0) is 19.1 Å². The summed E-state index contributed by atoms with van der Waals surface area (Å²) in [6.45, 7) is 3.76. The fourth-order valence-corrected chi connectivity index (χ4v) is 1.28. The molecule has 0 N–H and O–H groups in total. The Labute approximate surface area is 98.3 Å². The fraction of sp³-hybridized carbons (Fsp3) is 0.250. The van der Waals surface area contributed by atoms with Crippen LogP contribution in [0.4, 0.5) is 0 Å².